The van der Waals surface area contributed by atoms with Crippen LogP contribution in [-0.2, 0) is 11.2 Å². The van der Waals surface area contributed by atoms with Crippen molar-refractivity contribution in [3.05, 3.63) is 65.7 Å². The highest BCUT2D eigenvalue weighted by molar-refractivity contribution is 5.27. The van der Waals surface area contributed by atoms with Gasteiger partial charge in [-0.15, -0.1) is 0 Å². The van der Waals surface area contributed by atoms with Gasteiger partial charge in [0.2, 0.25) is 6.29 Å². The smallest absolute Gasteiger partial charge is 0.200 e. The summed E-state index contributed by atoms with van der Waals surface area (Å²) in [6.07, 6.45) is 8.57. The Bertz CT molecular complexity index is 672. The van der Waals surface area contributed by atoms with Crippen LogP contribution in [0.25, 0.3) is 0 Å². The van der Waals surface area contributed by atoms with E-state index in [0.717, 1.165) is 18.6 Å². The molecule has 0 radical (unpaired) electrons. The zero-order valence-corrected chi connectivity index (χ0v) is 19.8. The molecule has 3 rings (SSSR count). The molecular formula is C28H42O2. The Balaban J connectivity index is 0.00000155. The number of ether oxygens (including phenoxy) is 2. The first kappa shape index (κ1) is 24.5. The van der Waals surface area contributed by atoms with Gasteiger partial charge in [0, 0.05) is 6.42 Å². The number of hydrogen-bond acceptors (Lipinski definition) is 2. The van der Waals surface area contributed by atoms with E-state index in [0.29, 0.717) is 11.8 Å². The first-order chi connectivity index (χ1) is 14.6. The quantitative estimate of drug-likeness (QED) is 0.387. The van der Waals surface area contributed by atoms with E-state index >= 15 is 0 Å². The number of hydrogen-bond donors (Lipinski definition) is 0. The SMILES string of the molecule is CC.CC(C)Cc1ccc(OC(CC2CCCCC2)OC(C)c2ccccc2)cc1. The molecule has 0 spiro atoms. The fraction of sp³-hybridized carbons (Fsp3) is 0.571. The number of rotatable bonds is 9. The maximum atomic E-state index is 6.42. The molecule has 0 heterocycles. The van der Waals surface area contributed by atoms with Crippen molar-refractivity contribution in [3.63, 3.8) is 0 Å². The Morgan fingerprint density at radius 1 is 0.833 bits per heavy atom. The van der Waals surface area contributed by atoms with Gasteiger partial charge in [0.05, 0.1) is 6.10 Å². The van der Waals surface area contributed by atoms with Crippen LogP contribution < -0.4 is 4.74 Å². The molecule has 1 saturated carbocycles. The second-order valence-corrected chi connectivity index (χ2v) is 8.72. The molecule has 0 amide bonds. The molecule has 2 nitrogen and oxygen atoms in total. The van der Waals surface area contributed by atoms with E-state index < -0.39 is 0 Å². The Morgan fingerprint density at radius 3 is 2.07 bits per heavy atom. The molecule has 0 bridgehead atoms. The van der Waals surface area contributed by atoms with Crippen LogP contribution >= 0.6 is 0 Å². The zero-order chi connectivity index (χ0) is 21.8. The molecule has 2 aromatic rings. The third-order valence-electron chi connectivity index (χ3n) is 5.71. The van der Waals surface area contributed by atoms with Crippen molar-refractivity contribution in [2.75, 3.05) is 0 Å². The lowest BCUT2D eigenvalue weighted by molar-refractivity contribution is -0.127. The summed E-state index contributed by atoms with van der Waals surface area (Å²) < 4.78 is 12.8. The zero-order valence-electron chi connectivity index (χ0n) is 19.8. The van der Waals surface area contributed by atoms with Crippen LogP contribution in [0, 0.1) is 11.8 Å². The normalized spacial score (nSPS) is 16.5. The second-order valence-electron chi connectivity index (χ2n) is 8.72. The van der Waals surface area contributed by atoms with Gasteiger partial charge < -0.3 is 9.47 Å². The first-order valence-corrected chi connectivity index (χ1v) is 12.1. The van der Waals surface area contributed by atoms with E-state index in [1.54, 1.807) is 0 Å². The maximum absolute atomic E-state index is 6.42. The molecule has 0 N–H and O–H groups in total. The van der Waals surface area contributed by atoms with Gasteiger partial charge in [-0.2, -0.15) is 0 Å². The van der Waals surface area contributed by atoms with Crippen LogP contribution in [0.2, 0.25) is 0 Å². The predicted octanol–water partition coefficient (Wildman–Crippen LogP) is 8.36. The van der Waals surface area contributed by atoms with E-state index in [2.05, 4.69) is 69.3 Å². The third-order valence-corrected chi connectivity index (χ3v) is 5.71. The van der Waals surface area contributed by atoms with E-state index in [1.165, 1.54) is 43.2 Å². The summed E-state index contributed by atoms with van der Waals surface area (Å²) in [5.41, 5.74) is 2.57. The van der Waals surface area contributed by atoms with E-state index in [9.17, 15) is 0 Å². The van der Waals surface area contributed by atoms with Crippen molar-refractivity contribution in [2.45, 2.75) is 92.0 Å². The Hall–Kier alpha value is -1.80. The van der Waals surface area contributed by atoms with Crippen molar-refractivity contribution in [3.8, 4) is 5.75 Å². The minimum absolute atomic E-state index is 0.0232. The molecular weight excluding hydrogens is 368 g/mol. The lowest BCUT2D eigenvalue weighted by Gasteiger charge is -2.29. The standard InChI is InChI=1S/C26H36O2.C2H6/c1-20(2)18-23-14-16-25(17-15-23)28-26(19-22-10-6-4-7-11-22)27-21(3)24-12-8-5-9-13-24;1-2/h5,8-9,12-17,20-22,26H,4,6-7,10-11,18-19H2,1-3H3;1-2H3. The topological polar surface area (TPSA) is 18.5 Å². The molecule has 1 fully saturated rings. The van der Waals surface area contributed by atoms with Crippen LogP contribution in [0.4, 0.5) is 0 Å². The summed E-state index contributed by atoms with van der Waals surface area (Å²) in [6, 6.07) is 19.0. The Morgan fingerprint density at radius 2 is 1.47 bits per heavy atom. The van der Waals surface area contributed by atoms with Crippen molar-refractivity contribution in [1.82, 2.24) is 0 Å². The van der Waals surface area contributed by atoms with Crippen LogP contribution in [0.5, 0.6) is 5.75 Å². The van der Waals surface area contributed by atoms with Gasteiger partial charge in [0.1, 0.15) is 5.75 Å². The molecule has 2 aromatic carbocycles. The second kappa shape index (κ2) is 13.5. The monoisotopic (exact) mass is 410 g/mol. The molecule has 1 aliphatic rings. The van der Waals surface area contributed by atoms with Crippen LogP contribution in [0.15, 0.2) is 54.6 Å². The van der Waals surface area contributed by atoms with Gasteiger partial charge in [-0.1, -0.05) is 102 Å². The van der Waals surface area contributed by atoms with E-state index in [4.69, 9.17) is 9.47 Å². The molecule has 166 valence electrons. The third kappa shape index (κ3) is 8.52. The lowest BCUT2D eigenvalue weighted by atomic mass is 9.87. The van der Waals surface area contributed by atoms with Crippen molar-refractivity contribution >= 4 is 0 Å². The van der Waals surface area contributed by atoms with Gasteiger partial charge in [0.25, 0.3) is 0 Å². The van der Waals surface area contributed by atoms with E-state index in [-0.39, 0.29) is 12.4 Å². The molecule has 0 aromatic heterocycles. The van der Waals surface area contributed by atoms with Crippen molar-refractivity contribution in [1.29, 1.82) is 0 Å². The highest BCUT2D eigenvalue weighted by atomic mass is 16.7. The summed E-state index contributed by atoms with van der Waals surface area (Å²) in [5, 5.41) is 0. The molecule has 0 aliphatic heterocycles. The summed E-state index contributed by atoms with van der Waals surface area (Å²) in [7, 11) is 0. The van der Waals surface area contributed by atoms with Crippen LogP contribution in [0.1, 0.15) is 90.4 Å². The summed E-state index contributed by atoms with van der Waals surface area (Å²) >= 11 is 0. The number of benzene rings is 2. The van der Waals surface area contributed by atoms with Gasteiger partial charge in [-0.25, -0.2) is 0 Å². The Labute approximate surface area is 185 Å². The summed E-state index contributed by atoms with van der Waals surface area (Å²) in [6.45, 7) is 10.6. The van der Waals surface area contributed by atoms with Gasteiger partial charge in [0.15, 0.2) is 0 Å². The van der Waals surface area contributed by atoms with E-state index in [1.807, 2.05) is 19.9 Å². The largest absolute Gasteiger partial charge is 0.465 e. The minimum Gasteiger partial charge on any atom is -0.465 e. The van der Waals surface area contributed by atoms with Crippen LogP contribution in [-0.4, -0.2) is 6.29 Å². The summed E-state index contributed by atoms with van der Waals surface area (Å²) in [4.78, 5) is 0. The average Bonchev–Trinajstić information content (AvgIpc) is 2.77. The molecule has 2 unspecified atom stereocenters. The molecule has 2 heteroatoms. The predicted molar refractivity (Wildman–Crippen MR) is 128 cm³/mol. The van der Waals surface area contributed by atoms with Crippen LogP contribution in [0.3, 0.4) is 0 Å². The highest BCUT2D eigenvalue weighted by Crippen LogP contribution is 2.31. The maximum Gasteiger partial charge on any atom is 0.200 e. The summed E-state index contributed by atoms with van der Waals surface area (Å²) in [5.74, 6) is 2.29. The molecule has 0 saturated heterocycles. The first-order valence-electron chi connectivity index (χ1n) is 12.1. The Kier molecular flexibility index (Phi) is 11.0. The van der Waals surface area contributed by atoms with Gasteiger partial charge >= 0.3 is 0 Å². The van der Waals surface area contributed by atoms with Gasteiger partial charge in [-0.3, -0.25) is 0 Å². The van der Waals surface area contributed by atoms with Gasteiger partial charge in [-0.05, 0) is 48.4 Å². The fourth-order valence-electron chi connectivity index (χ4n) is 4.18. The molecule has 30 heavy (non-hydrogen) atoms. The highest BCUT2D eigenvalue weighted by Gasteiger charge is 2.23. The average molecular weight is 411 g/mol. The van der Waals surface area contributed by atoms with Crippen molar-refractivity contribution < 1.29 is 9.47 Å². The molecule has 1 aliphatic carbocycles. The molecule has 2 atom stereocenters. The van der Waals surface area contributed by atoms with Crippen molar-refractivity contribution in [2.24, 2.45) is 11.8 Å². The lowest BCUT2D eigenvalue weighted by Crippen LogP contribution is -2.26. The fourth-order valence-corrected chi connectivity index (χ4v) is 4.18. The minimum atomic E-state index is -0.200.